The zero-order chi connectivity index (χ0) is 26.6. The van der Waals surface area contributed by atoms with Gasteiger partial charge in [-0.2, -0.15) is 0 Å². The number of benzene rings is 2. The quantitative estimate of drug-likeness (QED) is 0.421. The second-order valence-electron chi connectivity index (χ2n) is 8.99. The molecular weight excluding hydrogens is 518 g/mol. The van der Waals surface area contributed by atoms with Gasteiger partial charge in [0.15, 0.2) is 5.17 Å². The smallest absolute Gasteiger partial charge is 0.259 e. The monoisotopic (exact) mass is 545 g/mol. The minimum absolute atomic E-state index is 0.0601. The van der Waals surface area contributed by atoms with Gasteiger partial charge < -0.3 is 10.6 Å². The molecule has 2 aromatic carbocycles. The van der Waals surface area contributed by atoms with Gasteiger partial charge in [0.1, 0.15) is 11.9 Å². The third kappa shape index (κ3) is 5.56. The van der Waals surface area contributed by atoms with E-state index >= 15 is 0 Å². The summed E-state index contributed by atoms with van der Waals surface area (Å²) in [4.78, 5) is 51.2. The molecule has 2 aliphatic heterocycles. The standard InChI is InChI=1S/C28H27N5O3S2/c1-3-23(26(35)30-18-9-6-8-17(2)14-18)38-28-32-21-12-5-4-11-20(21)25-31-22(27(36)33(25)28)15-24(34)29-16-19-10-7-13-37-19/h4-14,22-23H,3,15-16H2,1-2H3,(H,29,34)(H,30,35)/t22-,23-/m0/s1. The fourth-order valence-electron chi connectivity index (χ4n) is 4.26. The third-order valence-corrected chi connectivity index (χ3v) is 8.36. The molecule has 2 aliphatic rings. The van der Waals surface area contributed by atoms with Gasteiger partial charge in [-0.25, -0.2) is 9.89 Å². The summed E-state index contributed by atoms with van der Waals surface area (Å²) in [5.74, 6) is -0.266. The van der Waals surface area contributed by atoms with Crippen molar-refractivity contribution in [2.24, 2.45) is 9.98 Å². The average Bonchev–Trinajstić information content (AvgIpc) is 3.54. The van der Waals surface area contributed by atoms with Crippen LogP contribution in [-0.4, -0.2) is 44.9 Å². The van der Waals surface area contributed by atoms with Crippen LogP contribution in [0.1, 0.15) is 35.8 Å². The van der Waals surface area contributed by atoms with Crippen LogP contribution in [0.25, 0.3) is 0 Å². The Hall–Kier alpha value is -3.76. The Morgan fingerprint density at radius 3 is 2.74 bits per heavy atom. The summed E-state index contributed by atoms with van der Waals surface area (Å²) in [5, 5.41) is 7.70. The fourth-order valence-corrected chi connectivity index (χ4v) is 5.92. The molecule has 0 fully saturated rings. The largest absolute Gasteiger partial charge is 0.351 e. The first-order valence-electron chi connectivity index (χ1n) is 12.4. The normalized spacial score (nSPS) is 16.7. The molecule has 5 rings (SSSR count). The molecule has 0 bridgehead atoms. The first kappa shape index (κ1) is 25.9. The van der Waals surface area contributed by atoms with Crippen molar-refractivity contribution in [1.82, 2.24) is 10.2 Å². The minimum atomic E-state index is -0.855. The van der Waals surface area contributed by atoms with Gasteiger partial charge >= 0.3 is 0 Å². The van der Waals surface area contributed by atoms with Crippen LogP contribution in [0.15, 0.2) is 76.0 Å². The SMILES string of the molecule is CC[C@H](SC1=Nc2ccccc2C2=N[C@@H](CC(=O)NCc3cccs3)C(=O)N12)C(=O)Nc1cccc(C)c1. The summed E-state index contributed by atoms with van der Waals surface area (Å²) in [6.07, 6.45) is 0.474. The Morgan fingerprint density at radius 1 is 1.13 bits per heavy atom. The molecule has 194 valence electrons. The number of amides is 3. The van der Waals surface area contributed by atoms with Crippen molar-refractivity contribution < 1.29 is 14.4 Å². The highest BCUT2D eigenvalue weighted by Crippen LogP contribution is 2.36. The number of fused-ring (bicyclic) bond motifs is 3. The Kier molecular flexibility index (Phi) is 7.71. The fraction of sp³-hybridized carbons (Fsp3) is 0.250. The van der Waals surface area contributed by atoms with Gasteiger partial charge in [-0.1, -0.05) is 49.0 Å². The van der Waals surface area contributed by atoms with Gasteiger partial charge in [-0.05, 0) is 54.6 Å². The zero-order valence-electron chi connectivity index (χ0n) is 21.0. The van der Waals surface area contributed by atoms with E-state index in [1.54, 1.807) is 11.3 Å². The number of rotatable bonds is 8. The van der Waals surface area contributed by atoms with E-state index in [-0.39, 0.29) is 24.1 Å². The van der Waals surface area contributed by atoms with Crippen LogP contribution < -0.4 is 10.6 Å². The summed E-state index contributed by atoms with van der Waals surface area (Å²) >= 11 is 2.79. The minimum Gasteiger partial charge on any atom is -0.351 e. The molecule has 3 aromatic rings. The molecule has 0 unspecified atom stereocenters. The van der Waals surface area contributed by atoms with Crippen LogP contribution >= 0.6 is 23.1 Å². The average molecular weight is 546 g/mol. The van der Waals surface area contributed by atoms with Gasteiger partial charge in [0.2, 0.25) is 11.8 Å². The first-order chi connectivity index (χ1) is 18.4. The highest BCUT2D eigenvalue weighted by Gasteiger charge is 2.43. The highest BCUT2D eigenvalue weighted by molar-refractivity contribution is 8.15. The number of amidine groups is 2. The van der Waals surface area contributed by atoms with E-state index in [1.165, 1.54) is 16.7 Å². The number of nitrogens with zero attached hydrogens (tertiary/aromatic N) is 3. The van der Waals surface area contributed by atoms with Crippen molar-refractivity contribution in [3.05, 3.63) is 82.0 Å². The Bertz CT molecular complexity index is 1430. The van der Waals surface area contributed by atoms with E-state index in [1.807, 2.05) is 79.9 Å². The van der Waals surface area contributed by atoms with Gasteiger partial charge in [-0.3, -0.25) is 19.4 Å². The van der Waals surface area contributed by atoms with Crippen molar-refractivity contribution in [3.8, 4) is 0 Å². The van der Waals surface area contributed by atoms with E-state index in [9.17, 15) is 14.4 Å². The maximum Gasteiger partial charge on any atom is 0.259 e. The first-order valence-corrected chi connectivity index (χ1v) is 14.1. The van der Waals surface area contributed by atoms with Crippen LogP contribution in [-0.2, 0) is 20.9 Å². The summed E-state index contributed by atoms with van der Waals surface area (Å²) in [7, 11) is 0. The molecular formula is C28H27N5O3S2. The highest BCUT2D eigenvalue weighted by atomic mass is 32.2. The van der Waals surface area contributed by atoms with E-state index in [0.29, 0.717) is 29.7 Å². The summed E-state index contributed by atoms with van der Waals surface area (Å²) in [5.41, 5.74) is 3.17. The molecule has 0 aliphatic carbocycles. The number of aryl methyl sites for hydroxylation is 1. The lowest BCUT2D eigenvalue weighted by molar-refractivity contribution is -0.128. The Labute approximate surface area is 229 Å². The van der Waals surface area contributed by atoms with Crippen molar-refractivity contribution in [2.45, 2.75) is 44.5 Å². The number of thioether (sulfide) groups is 1. The molecule has 2 N–H and O–H groups in total. The molecule has 0 saturated heterocycles. The number of carbonyl (C=O) groups excluding carboxylic acids is 3. The number of carbonyl (C=O) groups is 3. The number of aliphatic imine (C=N–C) groups is 2. The van der Waals surface area contributed by atoms with Crippen molar-refractivity contribution in [2.75, 3.05) is 5.32 Å². The number of nitrogens with one attached hydrogen (secondary N) is 2. The maximum absolute atomic E-state index is 13.5. The molecule has 8 nitrogen and oxygen atoms in total. The molecule has 0 spiro atoms. The lowest BCUT2D eigenvalue weighted by Crippen LogP contribution is -2.43. The number of hydrogen-bond donors (Lipinski definition) is 2. The number of anilines is 1. The molecule has 0 saturated carbocycles. The second-order valence-corrected chi connectivity index (χ2v) is 11.2. The topological polar surface area (TPSA) is 103 Å². The van der Waals surface area contributed by atoms with E-state index in [4.69, 9.17) is 4.99 Å². The van der Waals surface area contributed by atoms with Gasteiger partial charge in [0, 0.05) is 16.1 Å². The lowest BCUT2D eigenvalue weighted by atomic mass is 10.1. The molecule has 3 amide bonds. The lowest BCUT2D eigenvalue weighted by Gasteiger charge is -2.27. The van der Waals surface area contributed by atoms with Gasteiger partial charge in [0.05, 0.1) is 23.9 Å². The van der Waals surface area contributed by atoms with Crippen molar-refractivity contribution in [3.63, 3.8) is 0 Å². The zero-order valence-corrected chi connectivity index (χ0v) is 22.6. The van der Waals surface area contributed by atoms with E-state index in [0.717, 1.165) is 21.7 Å². The van der Waals surface area contributed by atoms with Crippen LogP contribution in [0.3, 0.4) is 0 Å². The number of para-hydroxylation sites is 1. The molecule has 10 heteroatoms. The molecule has 38 heavy (non-hydrogen) atoms. The number of thiophene rings is 1. The molecule has 1 aromatic heterocycles. The third-order valence-electron chi connectivity index (χ3n) is 6.16. The summed E-state index contributed by atoms with van der Waals surface area (Å²) < 4.78 is 0. The van der Waals surface area contributed by atoms with Crippen LogP contribution in [0.2, 0.25) is 0 Å². The Balaban J connectivity index is 1.35. The summed E-state index contributed by atoms with van der Waals surface area (Å²) in [6, 6.07) is 18.1. The maximum atomic E-state index is 13.5. The van der Waals surface area contributed by atoms with Gasteiger partial charge in [-0.15, -0.1) is 11.3 Å². The molecule has 2 atom stereocenters. The van der Waals surface area contributed by atoms with Crippen molar-refractivity contribution in [1.29, 1.82) is 0 Å². The predicted octanol–water partition coefficient (Wildman–Crippen LogP) is 4.87. The molecule has 3 heterocycles. The van der Waals surface area contributed by atoms with Crippen molar-refractivity contribution >= 4 is 63.2 Å². The molecule has 0 radical (unpaired) electrons. The van der Waals surface area contributed by atoms with Crippen LogP contribution in [0, 0.1) is 6.92 Å². The van der Waals surface area contributed by atoms with E-state index in [2.05, 4.69) is 15.6 Å². The van der Waals surface area contributed by atoms with Crippen LogP contribution in [0.4, 0.5) is 11.4 Å². The van der Waals surface area contributed by atoms with Gasteiger partial charge in [0.25, 0.3) is 5.91 Å². The number of hydrogen-bond acceptors (Lipinski definition) is 7. The predicted molar refractivity (Wildman–Crippen MR) is 153 cm³/mol. The Morgan fingerprint density at radius 2 is 1.97 bits per heavy atom. The second kappa shape index (κ2) is 11.3. The summed E-state index contributed by atoms with van der Waals surface area (Å²) in [6.45, 7) is 4.30. The van der Waals surface area contributed by atoms with E-state index < -0.39 is 11.3 Å². The van der Waals surface area contributed by atoms with Crippen LogP contribution in [0.5, 0.6) is 0 Å².